The van der Waals surface area contributed by atoms with Gasteiger partial charge in [0.05, 0.1) is 19.2 Å². The van der Waals surface area contributed by atoms with E-state index in [0.29, 0.717) is 11.2 Å². The highest BCUT2D eigenvalue weighted by Crippen LogP contribution is 2.31. The Morgan fingerprint density at radius 1 is 1.40 bits per heavy atom. The predicted octanol–water partition coefficient (Wildman–Crippen LogP) is 2.31. The average molecular weight is 291 g/mol. The molecule has 2 heterocycles. The van der Waals surface area contributed by atoms with Crippen molar-refractivity contribution in [2.24, 2.45) is 10.7 Å². The van der Waals surface area contributed by atoms with Crippen LogP contribution in [0.2, 0.25) is 0 Å². The predicted molar refractivity (Wildman–Crippen MR) is 84.4 cm³/mol. The van der Waals surface area contributed by atoms with E-state index in [1.807, 2.05) is 30.0 Å². The molecular weight excluding hydrogens is 270 g/mol. The summed E-state index contributed by atoms with van der Waals surface area (Å²) >= 11 is 2.01. The minimum Gasteiger partial charge on any atom is -0.493 e. The Labute approximate surface area is 124 Å². The molecule has 5 heteroatoms. The van der Waals surface area contributed by atoms with E-state index in [4.69, 9.17) is 10.5 Å². The highest BCUT2D eigenvalue weighted by Gasteiger charge is 2.21. The minimum absolute atomic E-state index is 0.208. The van der Waals surface area contributed by atoms with Crippen molar-refractivity contribution in [3.8, 4) is 5.75 Å². The van der Waals surface area contributed by atoms with Crippen molar-refractivity contribution >= 4 is 17.7 Å². The van der Waals surface area contributed by atoms with Crippen molar-refractivity contribution in [3.63, 3.8) is 0 Å². The van der Waals surface area contributed by atoms with Crippen molar-refractivity contribution < 1.29 is 4.74 Å². The van der Waals surface area contributed by atoms with Crippen LogP contribution in [0.4, 0.5) is 0 Å². The second-order valence-corrected chi connectivity index (χ2v) is 6.64. The lowest BCUT2D eigenvalue weighted by atomic mass is 10.0. The maximum atomic E-state index is 6.03. The maximum absolute atomic E-state index is 6.03. The van der Waals surface area contributed by atoms with Gasteiger partial charge in [-0.25, -0.2) is 0 Å². The SMILES string of the molecule is NC(=NCC1CCCS1)NC1CCOc2ccccc21. The number of para-hydroxylation sites is 1. The van der Waals surface area contributed by atoms with Gasteiger partial charge >= 0.3 is 0 Å². The number of nitrogens with zero attached hydrogens (tertiary/aromatic N) is 1. The lowest BCUT2D eigenvalue weighted by molar-refractivity contribution is 0.262. The number of hydrogen-bond donors (Lipinski definition) is 2. The van der Waals surface area contributed by atoms with Crippen LogP contribution in [0.5, 0.6) is 5.75 Å². The lowest BCUT2D eigenvalue weighted by Gasteiger charge is -2.27. The summed E-state index contributed by atoms with van der Waals surface area (Å²) in [6, 6.07) is 8.33. The Morgan fingerprint density at radius 3 is 3.15 bits per heavy atom. The molecule has 0 bridgehead atoms. The standard InChI is InChI=1S/C15H21N3OS/c16-15(17-10-11-4-3-9-20-11)18-13-7-8-19-14-6-2-1-5-12(13)14/h1-2,5-6,11,13H,3-4,7-10H2,(H3,16,17,18). The molecule has 3 N–H and O–H groups in total. The molecule has 1 saturated heterocycles. The summed E-state index contributed by atoms with van der Waals surface area (Å²) in [5.74, 6) is 2.77. The van der Waals surface area contributed by atoms with E-state index in [-0.39, 0.29) is 6.04 Å². The number of aliphatic imine (C=N–C) groups is 1. The third-order valence-electron chi connectivity index (χ3n) is 3.77. The highest BCUT2D eigenvalue weighted by molar-refractivity contribution is 8.00. The fourth-order valence-electron chi connectivity index (χ4n) is 2.70. The first-order valence-electron chi connectivity index (χ1n) is 7.23. The first-order valence-corrected chi connectivity index (χ1v) is 8.27. The quantitative estimate of drug-likeness (QED) is 0.663. The van der Waals surface area contributed by atoms with Gasteiger partial charge < -0.3 is 15.8 Å². The molecule has 4 nitrogen and oxygen atoms in total. The molecule has 2 atom stereocenters. The number of nitrogens with two attached hydrogens (primary N) is 1. The molecule has 0 radical (unpaired) electrons. The van der Waals surface area contributed by atoms with Crippen LogP contribution in [-0.2, 0) is 0 Å². The summed E-state index contributed by atoms with van der Waals surface area (Å²) in [7, 11) is 0. The molecule has 0 aliphatic carbocycles. The summed E-state index contributed by atoms with van der Waals surface area (Å²) in [4.78, 5) is 4.49. The zero-order chi connectivity index (χ0) is 13.8. The molecule has 108 valence electrons. The molecule has 0 spiro atoms. The fraction of sp³-hybridized carbons (Fsp3) is 0.533. The van der Waals surface area contributed by atoms with Gasteiger partial charge in [-0.05, 0) is 24.7 Å². The van der Waals surface area contributed by atoms with Gasteiger partial charge in [0.2, 0.25) is 0 Å². The number of ether oxygens (including phenoxy) is 1. The van der Waals surface area contributed by atoms with Crippen molar-refractivity contribution in [1.29, 1.82) is 0 Å². The molecule has 1 fully saturated rings. The summed E-state index contributed by atoms with van der Waals surface area (Å²) in [5.41, 5.74) is 7.20. The second-order valence-electron chi connectivity index (χ2n) is 5.23. The Balaban J connectivity index is 1.61. The van der Waals surface area contributed by atoms with Crippen molar-refractivity contribution in [2.45, 2.75) is 30.6 Å². The van der Waals surface area contributed by atoms with Crippen molar-refractivity contribution in [2.75, 3.05) is 18.9 Å². The average Bonchev–Trinajstić information content (AvgIpc) is 2.99. The van der Waals surface area contributed by atoms with Crippen LogP contribution in [0.15, 0.2) is 29.3 Å². The van der Waals surface area contributed by atoms with E-state index in [2.05, 4.69) is 16.4 Å². The normalized spacial score (nSPS) is 25.9. The van der Waals surface area contributed by atoms with E-state index in [1.54, 1.807) is 0 Å². The number of thioether (sulfide) groups is 1. The Hall–Kier alpha value is -1.36. The molecule has 2 aliphatic rings. The van der Waals surface area contributed by atoms with Crippen LogP contribution >= 0.6 is 11.8 Å². The van der Waals surface area contributed by atoms with Crippen molar-refractivity contribution in [3.05, 3.63) is 29.8 Å². The number of hydrogen-bond acceptors (Lipinski definition) is 3. The van der Waals surface area contributed by atoms with Gasteiger partial charge in [-0.15, -0.1) is 0 Å². The van der Waals surface area contributed by atoms with E-state index in [9.17, 15) is 0 Å². The number of rotatable bonds is 3. The van der Waals surface area contributed by atoms with Gasteiger partial charge in [0, 0.05) is 17.2 Å². The molecule has 2 unspecified atom stereocenters. The number of nitrogens with one attached hydrogen (secondary N) is 1. The van der Waals surface area contributed by atoms with E-state index >= 15 is 0 Å². The molecular formula is C15H21N3OS. The zero-order valence-corrected chi connectivity index (χ0v) is 12.4. The summed E-state index contributed by atoms with van der Waals surface area (Å²) in [6.07, 6.45) is 3.50. The number of guanidine groups is 1. The molecule has 1 aromatic carbocycles. The summed E-state index contributed by atoms with van der Waals surface area (Å²) in [6.45, 7) is 1.55. The van der Waals surface area contributed by atoms with Gasteiger partial charge in [-0.3, -0.25) is 4.99 Å². The van der Waals surface area contributed by atoms with Gasteiger partial charge in [-0.2, -0.15) is 11.8 Å². The molecule has 0 aromatic heterocycles. The molecule has 20 heavy (non-hydrogen) atoms. The van der Waals surface area contributed by atoms with E-state index < -0.39 is 0 Å². The lowest BCUT2D eigenvalue weighted by Crippen LogP contribution is -2.37. The van der Waals surface area contributed by atoms with Crippen LogP contribution in [0.25, 0.3) is 0 Å². The first-order chi connectivity index (χ1) is 9.83. The molecule has 1 aromatic rings. The molecule has 2 aliphatic heterocycles. The van der Waals surface area contributed by atoms with E-state index in [0.717, 1.165) is 25.3 Å². The number of fused-ring (bicyclic) bond motifs is 1. The third-order valence-corrected chi connectivity index (χ3v) is 5.15. The Morgan fingerprint density at radius 2 is 2.30 bits per heavy atom. The second kappa shape index (κ2) is 6.39. The van der Waals surface area contributed by atoms with Gasteiger partial charge in [0.1, 0.15) is 5.75 Å². The first kappa shape index (κ1) is 13.6. The van der Waals surface area contributed by atoms with Crippen LogP contribution in [-0.4, -0.2) is 30.1 Å². The topological polar surface area (TPSA) is 59.6 Å². The molecule has 0 saturated carbocycles. The monoisotopic (exact) mass is 291 g/mol. The Bertz CT molecular complexity index is 486. The minimum atomic E-state index is 0.208. The Kier molecular flexibility index (Phi) is 4.35. The van der Waals surface area contributed by atoms with Crippen LogP contribution < -0.4 is 15.8 Å². The molecule has 0 amide bonds. The third kappa shape index (κ3) is 3.20. The number of benzene rings is 1. The largest absolute Gasteiger partial charge is 0.493 e. The summed E-state index contributed by atoms with van der Waals surface area (Å²) < 4.78 is 5.65. The smallest absolute Gasteiger partial charge is 0.189 e. The van der Waals surface area contributed by atoms with Gasteiger partial charge in [0.25, 0.3) is 0 Å². The van der Waals surface area contributed by atoms with Gasteiger partial charge in [-0.1, -0.05) is 18.2 Å². The molecule has 3 rings (SSSR count). The van der Waals surface area contributed by atoms with Gasteiger partial charge in [0.15, 0.2) is 5.96 Å². The summed E-state index contributed by atoms with van der Waals surface area (Å²) in [5, 5.41) is 3.99. The zero-order valence-electron chi connectivity index (χ0n) is 11.5. The van der Waals surface area contributed by atoms with Crippen LogP contribution in [0, 0.1) is 0 Å². The van der Waals surface area contributed by atoms with Crippen LogP contribution in [0.3, 0.4) is 0 Å². The maximum Gasteiger partial charge on any atom is 0.189 e. The fourth-order valence-corrected chi connectivity index (χ4v) is 3.88. The van der Waals surface area contributed by atoms with E-state index in [1.165, 1.54) is 24.2 Å². The van der Waals surface area contributed by atoms with Crippen molar-refractivity contribution in [1.82, 2.24) is 5.32 Å². The van der Waals surface area contributed by atoms with Crippen LogP contribution in [0.1, 0.15) is 30.9 Å². The highest BCUT2D eigenvalue weighted by atomic mass is 32.2.